The average molecular weight is 198 g/mol. The number of aliphatic hydroxyl groups excluding tert-OH is 1. The molecule has 0 amide bonds. The lowest BCUT2D eigenvalue weighted by Gasteiger charge is -2.11. The molecule has 1 atom stereocenters. The maximum Gasteiger partial charge on any atom is 0.123 e. The van der Waals surface area contributed by atoms with Gasteiger partial charge in [0, 0.05) is 6.61 Å². The fraction of sp³-hybridized carbons (Fsp3) is 0.455. The first-order valence-electron chi connectivity index (χ1n) is 4.66. The van der Waals surface area contributed by atoms with E-state index in [0.717, 1.165) is 5.56 Å². The number of halogens is 1. The highest BCUT2D eigenvalue weighted by Gasteiger charge is 2.08. The van der Waals surface area contributed by atoms with Crippen molar-refractivity contribution in [2.45, 2.75) is 20.0 Å². The van der Waals surface area contributed by atoms with E-state index in [1.54, 1.807) is 13.0 Å². The fourth-order valence-corrected chi connectivity index (χ4v) is 1.28. The van der Waals surface area contributed by atoms with Crippen LogP contribution in [0.3, 0.4) is 0 Å². The van der Waals surface area contributed by atoms with Crippen LogP contribution >= 0.6 is 0 Å². The Kier molecular flexibility index (Phi) is 4.04. The minimum Gasteiger partial charge on any atom is -0.386 e. The summed E-state index contributed by atoms with van der Waals surface area (Å²) in [6, 6.07) is 4.51. The smallest absolute Gasteiger partial charge is 0.123 e. The molecular formula is C11H15FO2. The molecule has 1 rings (SSSR count). The maximum absolute atomic E-state index is 13.0. The summed E-state index contributed by atoms with van der Waals surface area (Å²) in [6.45, 7) is 4.40. The van der Waals surface area contributed by atoms with Crippen molar-refractivity contribution in [2.75, 3.05) is 13.2 Å². The Balaban J connectivity index is 2.73. The molecule has 0 saturated heterocycles. The monoisotopic (exact) mass is 198 g/mol. The lowest BCUT2D eigenvalue weighted by atomic mass is 10.1. The number of hydrogen-bond acceptors (Lipinski definition) is 2. The van der Waals surface area contributed by atoms with Crippen LogP contribution in [0.5, 0.6) is 0 Å². The predicted molar refractivity (Wildman–Crippen MR) is 52.6 cm³/mol. The van der Waals surface area contributed by atoms with Crippen molar-refractivity contribution < 1.29 is 14.2 Å². The van der Waals surface area contributed by atoms with Crippen LogP contribution in [0.15, 0.2) is 18.2 Å². The van der Waals surface area contributed by atoms with Crippen molar-refractivity contribution in [1.29, 1.82) is 0 Å². The summed E-state index contributed by atoms with van der Waals surface area (Å²) in [5.41, 5.74) is 1.37. The van der Waals surface area contributed by atoms with Crippen LogP contribution in [0.4, 0.5) is 4.39 Å². The zero-order chi connectivity index (χ0) is 10.6. The summed E-state index contributed by atoms with van der Waals surface area (Å²) in [6.07, 6.45) is -0.746. The van der Waals surface area contributed by atoms with E-state index in [-0.39, 0.29) is 12.4 Å². The molecule has 0 bridgehead atoms. The molecular weight excluding hydrogens is 183 g/mol. The molecule has 1 aromatic carbocycles. The van der Waals surface area contributed by atoms with Crippen molar-refractivity contribution in [3.63, 3.8) is 0 Å². The van der Waals surface area contributed by atoms with E-state index in [9.17, 15) is 9.50 Å². The molecule has 14 heavy (non-hydrogen) atoms. The van der Waals surface area contributed by atoms with Gasteiger partial charge < -0.3 is 9.84 Å². The molecule has 0 heterocycles. The Bertz CT molecular complexity index is 279. The summed E-state index contributed by atoms with van der Waals surface area (Å²) >= 11 is 0. The molecule has 1 N–H and O–H groups in total. The molecule has 0 radical (unpaired) electrons. The van der Waals surface area contributed by atoms with Gasteiger partial charge in [-0.25, -0.2) is 4.39 Å². The molecule has 0 aliphatic heterocycles. The van der Waals surface area contributed by atoms with E-state index in [1.807, 2.05) is 6.92 Å². The third-order valence-corrected chi connectivity index (χ3v) is 1.93. The van der Waals surface area contributed by atoms with Crippen LogP contribution in [0.2, 0.25) is 0 Å². The molecule has 0 aliphatic rings. The average Bonchev–Trinajstić information content (AvgIpc) is 2.12. The van der Waals surface area contributed by atoms with Gasteiger partial charge in [0.1, 0.15) is 11.9 Å². The maximum atomic E-state index is 13.0. The van der Waals surface area contributed by atoms with Gasteiger partial charge in [0.05, 0.1) is 6.61 Å². The number of aryl methyl sites for hydroxylation is 1. The Morgan fingerprint density at radius 1 is 1.43 bits per heavy atom. The van der Waals surface area contributed by atoms with Crippen LogP contribution in [-0.4, -0.2) is 18.3 Å². The van der Waals surface area contributed by atoms with E-state index in [2.05, 4.69) is 0 Å². The molecule has 0 aromatic heterocycles. The highest BCUT2D eigenvalue weighted by molar-refractivity contribution is 5.25. The van der Waals surface area contributed by atoms with Crippen LogP contribution in [0.1, 0.15) is 24.2 Å². The van der Waals surface area contributed by atoms with Gasteiger partial charge in [0.15, 0.2) is 0 Å². The fourth-order valence-electron chi connectivity index (χ4n) is 1.28. The second kappa shape index (κ2) is 5.08. The van der Waals surface area contributed by atoms with Gasteiger partial charge in [0.2, 0.25) is 0 Å². The van der Waals surface area contributed by atoms with Crippen molar-refractivity contribution in [3.05, 3.63) is 35.1 Å². The Hall–Kier alpha value is -0.930. The van der Waals surface area contributed by atoms with Gasteiger partial charge in [-0.3, -0.25) is 0 Å². The summed E-state index contributed by atoms with van der Waals surface area (Å²) < 4.78 is 18.0. The molecule has 0 aliphatic carbocycles. The highest BCUT2D eigenvalue weighted by atomic mass is 19.1. The van der Waals surface area contributed by atoms with Crippen LogP contribution in [-0.2, 0) is 4.74 Å². The third kappa shape index (κ3) is 3.09. The molecule has 1 aromatic rings. The van der Waals surface area contributed by atoms with Gasteiger partial charge in [0.25, 0.3) is 0 Å². The van der Waals surface area contributed by atoms with Gasteiger partial charge in [-0.05, 0) is 37.1 Å². The zero-order valence-corrected chi connectivity index (χ0v) is 8.46. The van der Waals surface area contributed by atoms with Crippen molar-refractivity contribution >= 4 is 0 Å². The molecule has 0 spiro atoms. The van der Waals surface area contributed by atoms with Gasteiger partial charge in [-0.15, -0.1) is 0 Å². The zero-order valence-electron chi connectivity index (χ0n) is 8.46. The van der Waals surface area contributed by atoms with E-state index in [4.69, 9.17) is 4.74 Å². The lowest BCUT2D eigenvalue weighted by Crippen LogP contribution is -2.07. The summed E-state index contributed by atoms with van der Waals surface area (Å²) in [4.78, 5) is 0. The van der Waals surface area contributed by atoms with Crippen molar-refractivity contribution in [2.24, 2.45) is 0 Å². The van der Waals surface area contributed by atoms with E-state index >= 15 is 0 Å². The summed E-state index contributed by atoms with van der Waals surface area (Å²) in [5.74, 6) is -0.324. The number of rotatable bonds is 4. The lowest BCUT2D eigenvalue weighted by molar-refractivity contribution is 0.0418. The summed E-state index contributed by atoms with van der Waals surface area (Å²) in [5, 5.41) is 9.61. The standard InChI is InChI=1S/C11H15FO2/c1-3-14-7-11(13)9-4-8(2)5-10(12)6-9/h4-6,11,13H,3,7H2,1-2H3. The quantitative estimate of drug-likeness (QED) is 0.803. The number of ether oxygens (including phenoxy) is 1. The molecule has 3 heteroatoms. The van der Waals surface area contributed by atoms with Crippen LogP contribution < -0.4 is 0 Å². The SMILES string of the molecule is CCOCC(O)c1cc(C)cc(F)c1. The molecule has 1 unspecified atom stereocenters. The molecule has 0 saturated carbocycles. The minimum atomic E-state index is -0.746. The first-order valence-corrected chi connectivity index (χ1v) is 4.66. The third-order valence-electron chi connectivity index (χ3n) is 1.93. The van der Waals surface area contributed by atoms with E-state index in [0.29, 0.717) is 12.2 Å². The Morgan fingerprint density at radius 3 is 2.71 bits per heavy atom. The van der Waals surface area contributed by atoms with Crippen LogP contribution in [0.25, 0.3) is 0 Å². The second-order valence-corrected chi connectivity index (χ2v) is 3.24. The first-order chi connectivity index (χ1) is 6.63. The Labute approximate surface area is 83.3 Å². The van der Waals surface area contributed by atoms with E-state index < -0.39 is 6.10 Å². The summed E-state index contributed by atoms with van der Waals surface area (Å²) in [7, 11) is 0. The minimum absolute atomic E-state index is 0.208. The normalized spacial score (nSPS) is 12.9. The number of aliphatic hydroxyl groups is 1. The highest BCUT2D eigenvalue weighted by Crippen LogP contribution is 2.16. The molecule has 2 nitrogen and oxygen atoms in total. The number of benzene rings is 1. The van der Waals surface area contributed by atoms with Gasteiger partial charge in [-0.2, -0.15) is 0 Å². The van der Waals surface area contributed by atoms with Crippen molar-refractivity contribution in [3.8, 4) is 0 Å². The first kappa shape index (κ1) is 11.1. The number of hydrogen-bond donors (Lipinski definition) is 1. The molecule has 78 valence electrons. The van der Waals surface area contributed by atoms with Crippen LogP contribution in [0, 0.1) is 12.7 Å². The van der Waals surface area contributed by atoms with Crippen molar-refractivity contribution in [1.82, 2.24) is 0 Å². The predicted octanol–water partition coefficient (Wildman–Crippen LogP) is 2.20. The Morgan fingerprint density at radius 2 is 2.14 bits per heavy atom. The van der Waals surface area contributed by atoms with Gasteiger partial charge >= 0.3 is 0 Å². The molecule has 0 fully saturated rings. The largest absolute Gasteiger partial charge is 0.386 e. The topological polar surface area (TPSA) is 29.5 Å². The second-order valence-electron chi connectivity index (χ2n) is 3.24. The van der Waals surface area contributed by atoms with E-state index in [1.165, 1.54) is 12.1 Å². The van der Waals surface area contributed by atoms with Gasteiger partial charge in [-0.1, -0.05) is 6.07 Å².